The summed E-state index contributed by atoms with van der Waals surface area (Å²) in [4.78, 5) is 47.6. The van der Waals surface area contributed by atoms with Crippen molar-refractivity contribution in [3.05, 3.63) is 65.0 Å². The molecule has 0 saturated carbocycles. The Bertz CT molecular complexity index is 1250. The molecule has 1 aromatic heterocycles. The van der Waals surface area contributed by atoms with Gasteiger partial charge in [0, 0.05) is 37.7 Å². The molecule has 1 aliphatic heterocycles. The molecule has 0 aliphatic carbocycles. The van der Waals surface area contributed by atoms with Crippen molar-refractivity contribution in [1.29, 1.82) is 0 Å². The zero-order valence-electron chi connectivity index (χ0n) is 19.6. The van der Waals surface area contributed by atoms with Crippen LogP contribution in [0.15, 0.2) is 42.5 Å². The lowest BCUT2D eigenvalue weighted by molar-refractivity contribution is -0.131. The molecule has 1 saturated heterocycles. The van der Waals surface area contributed by atoms with Crippen LogP contribution >= 0.6 is 0 Å². The van der Waals surface area contributed by atoms with Crippen LogP contribution in [0, 0.1) is 19.8 Å². The van der Waals surface area contributed by atoms with Gasteiger partial charge < -0.3 is 15.0 Å². The highest BCUT2D eigenvalue weighted by Crippen LogP contribution is 2.21. The molecule has 1 fully saturated rings. The average molecular weight is 461 g/mol. The molecule has 176 valence electrons. The van der Waals surface area contributed by atoms with Gasteiger partial charge in [0.1, 0.15) is 5.75 Å². The van der Waals surface area contributed by atoms with Crippen molar-refractivity contribution in [2.75, 3.05) is 19.6 Å². The van der Waals surface area contributed by atoms with Gasteiger partial charge in [-0.1, -0.05) is 6.07 Å². The number of ether oxygens (including phenoxy) is 1. The number of amides is 2. The van der Waals surface area contributed by atoms with Gasteiger partial charge in [0.05, 0.1) is 22.4 Å². The Morgan fingerprint density at radius 3 is 2.38 bits per heavy atom. The standard InChI is InChI=1S/C26H28N4O4/c1-16-17(2)29-24-14-21(7-8-23(24)28-16)26(33)30-11-9-19(10-12-30)15-27-25(32)20-5-4-6-22(13-20)34-18(3)31/h4-8,13-14,19H,9-12,15H2,1-3H3,(H,27,32). The third-order valence-corrected chi connectivity index (χ3v) is 6.13. The number of hydrogen-bond donors (Lipinski definition) is 1. The smallest absolute Gasteiger partial charge is 0.308 e. The normalized spacial score (nSPS) is 14.1. The first kappa shape index (κ1) is 23.4. The Hall–Kier alpha value is -3.81. The number of likely N-dealkylation sites (tertiary alicyclic amines) is 1. The topological polar surface area (TPSA) is 101 Å². The number of nitrogens with one attached hydrogen (secondary N) is 1. The number of carbonyl (C=O) groups excluding carboxylic acids is 3. The number of aryl methyl sites for hydroxylation is 2. The first-order valence-electron chi connectivity index (χ1n) is 11.4. The quantitative estimate of drug-likeness (QED) is 0.462. The fraction of sp³-hybridized carbons (Fsp3) is 0.346. The first-order valence-corrected chi connectivity index (χ1v) is 11.4. The van der Waals surface area contributed by atoms with E-state index < -0.39 is 5.97 Å². The Balaban J connectivity index is 1.30. The van der Waals surface area contributed by atoms with E-state index in [2.05, 4.69) is 15.3 Å². The van der Waals surface area contributed by atoms with E-state index in [1.165, 1.54) is 6.92 Å². The maximum absolute atomic E-state index is 13.0. The molecule has 2 amide bonds. The van der Waals surface area contributed by atoms with Gasteiger partial charge >= 0.3 is 5.97 Å². The van der Waals surface area contributed by atoms with Crippen LogP contribution in [0.25, 0.3) is 11.0 Å². The number of piperidine rings is 1. The van der Waals surface area contributed by atoms with Crippen molar-refractivity contribution in [3.8, 4) is 5.75 Å². The fourth-order valence-corrected chi connectivity index (χ4v) is 4.09. The second-order valence-corrected chi connectivity index (χ2v) is 8.66. The van der Waals surface area contributed by atoms with Crippen molar-refractivity contribution in [3.63, 3.8) is 0 Å². The number of rotatable bonds is 5. The summed E-state index contributed by atoms with van der Waals surface area (Å²) in [5.41, 5.74) is 4.31. The molecule has 0 radical (unpaired) electrons. The Kier molecular flexibility index (Phi) is 6.86. The van der Waals surface area contributed by atoms with Gasteiger partial charge in [-0.25, -0.2) is 9.97 Å². The molecule has 8 nitrogen and oxygen atoms in total. The fourth-order valence-electron chi connectivity index (χ4n) is 4.09. The summed E-state index contributed by atoms with van der Waals surface area (Å²) >= 11 is 0. The molecule has 2 aromatic carbocycles. The summed E-state index contributed by atoms with van der Waals surface area (Å²) < 4.78 is 5.04. The van der Waals surface area contributed by atoms with Crippen LogP contribution in [0.2, 0.25) is 0 Å². The maximum Gasteiger partial charge on any atom is 0.308 e. The summed E-state index contributed by atoms with van der Waals surface area (Å²) in [5.74, 6) is -0.0163. The van der Waals surface area contributed by atoms with Crippen LogP contribution in [0.1, 0.15) is 51.9 Å². The Morgan fingerprint density at radius 2 is 1.68 bits per heavy atom. The highest BCUT2D eigenvalue weighted by atomic mass is 16.5. The van der Waals surface area contributed by atoms with E-state index in [9.17, 15) is 14.4 Å². The third kappa shape index (κ3) is 5.39. The number of benzene rings is 2. The van der Waals surface area contributed by atoms with E-state index in [4.69, 9.17) is 4.74 Å². The van der Waals surface area contributed by atoms with E-state index in [1.54, 1.807) is 24.3 Å². The Morgan fingerprint density at radius 1 is 0.971 bits per heavy atom. The van der Waals surface area contributed by atoms with Gasteiger partial charge in [0.2, 0.25) is 0 Å². The largest absolute Gasteiger partial charge is 0.427 e. The van der Waals surface area contributed by atoms with Crippen LogP contribution in [-0.4, -0.2) is 52.3 Å². The lowest BCUT2D eigenvalue weighted by atomic mass is 9.96. The highest BCUT2D eigenvalue weighted by molar-refractivity contribution is 5.97. The van der Waals surface area contributed by atoms with E-state index >= 15 is 0 Å². The lowest BCUT2D eigenvalue weighted by Crippen LogP contribution is -2.41. The summed E-state index contributed by atoms with van der Waals surface area (Å²) in [6, 6.07) is 12.0. The second kappa shape index (κ2) is 9.99. The minimum atomic E-state index is -0.430. The zero-order chi connectivity index (χ0) is 24.2. The molecule has 0 bridgehead atoms. The zero-order valence-corrected chi connectivity index (χ0v) is 19.6. The number of esters is 1. The summed E-state index contributed by atoms with van der Waals surface area (Å²) in [6.45, 7) is 6.96. The molecule has 0 atom stereocenters. The van der Waals surface area contributed by atoms with Crippen molar-refractivity contribution < 1.29 is 19.1 Å². The molecule has 1 aliphatic rings. The van der Waals surface area contributed by atoms with Gasteiger partial charge in [0.25, 0.3) is 11.8 Å². The molecule has 8 heteroatoms. The monoisotopic (exact) mass is 460 g/mol. The number of nitrogens with zero attached hydrogens (tertiary/aromatic N) is 3. The highest BCUT2D eigenvalue weighted by Gasteiger charge is 2.24. The summed E-state index contributed by atoms with van der Waals surface area (Å²) in [6.07, 6.45) is 1.62. The van der Waals surface area contributed by atoms with E-state index in [1.807, 2.05) is 36.9 Å². The van der Waals surface area contributed by atoms with Gasteiger partial charge in [-0.2, -0.15) is 0 Å². The number of carbonyl (C=O) groups is 3. The molecule has 1 N–H and O–H groups in total. The minimum Gasteiger partial charge on any atom is -0.427 e. The van der Waals surface area contributed by atoms with Crippen molar-refractivity contribution in [2.45, 2.75) is 33.6 Å². The first-order chi connectivity index (χ1) is 16.3. The molecule has 0 unspecified atom stereocenters. The van der Waals surface area contributed by atoms with Gasteiger partial charge in [-0.3, -0.25) is 14.4 Å². The number of fused-ring (bicyclic) bond motifs is 1. The summed E-state index contributed by atoms with van der Waals surface area (Å²) in [5, 5.41) is 2.96. The lowest BCUT2D eigenvalue weighted by Gasteiger charge is -2.32. The van der Waals surface area contributed by atoms with E-state index in [-0.39, 0.29) is 17.7 Å². The number of aromatic nitrogens is 2. The molecule has 4 rings (SSSR count). The van der Waals surface area contributed by atoms with Crippen molar-refractivity contribution >= 4 is 28.8 Å². The molecular formula is C26H28N4O4. The van der Waals surface area contributed by atoms with Crippen LogP contribution in [0.4, 0.5) is 0 Å². The molecule has 2 heterocycles. The van der Waals surface area contributed by atoms with Gasteiger partial charge in [-0.15, -0.1) is 0 Å². The third-order valence-electron chi connectivity index (χ3n) is 6.13. The van der Waals surface area contributed by atoms with Crippen LogP contribution in [0.5, 0.6) is 5.75 Å². The minimum absolute atomic E-state index is 0.00769. The van der Waals surface area contributed by atoms with E-state index in [0.29, 0.717) is 36.5 Å². The number of hydrogen-bond acceptors (Lipinski definition) is 6. The molecule has 3 aromatic rings. The van der Waals surface area contributed by atoms with Gasteiger partial charge in [-0.05, 0) is 69.0 Å². The van der Waals surface area contributed by atoms with E-state index in [0.717, 1.165) is 35.3 Å². The SMILES string of the molecule is CC(=O)Oc1cccc(C(=O)NCC2CCN(C(=O)c3ccc4nc(C)c(C)nc4c3)CC2)c1. The molecular weight excluding hydrogens is 432 g/mol. The summed E-state index contributed by atoms with van der Waals surface area (Å²) in [7, 11) is 0. The molecule has 34 heavy (non-hydrogen) atoms. The maximum atomic E-state index is 13.0. The van der Waals surface area contributed by atoms with Crippen LogP contribution in [0.3, 0.4) is 0 Å². The van der Waals surface area contributed by atoms with Crippen LogP contribution < -0.4 is 10.1 Å². The molecule has 0 spiro atoms. The van der Waals surface area contributed by atoms with Crippen LogP contribution in [-0.2, 0) is 4.79 Å². The predicted octanol–water partition coefficient (Wildman–Crippen LogP) is 3.45. The van der Waals surface area contributed by atoms with Gasteiger partial charge in [0.15, 0.2) is 0 Å². The van der Waals surface area contributed by atoms with Crippen molar-refractivity contribution in [1.82, 2.24) is 20.2 Å². The van der Waals surface area contributed by atoms with Crippen molar-refractivity contribution in [2.24, 2.45) is 5.92 Å². The second-order valence-electron chi connectivity index (χ2n) is 8.66. The Labute approximate surface area is 198 Å². The average Bonchev–Trinajstić information content (AvgIpc) is 2.82. The predicted molar refractivity (Wildman–Crippen MR) is 128 cm³/mol.